The van der Waals surface area contributed by atoms with Crippen molar-refractivity contribution in [1.29, 1.82) is 0 Å². The van der Waals surface area contributed by atoms with Crippen molar-refractivity contribution in [1.82, 2.24) is 15.1 Å². The molecule has 7 heteroatoms. The molecule has 0 saturated heterocycles. The molecule has 0 atom stereocenters. The zero-order chi connectivity index (χ0) is 18.4. The highest BCUT2D eigenvalue weighted by molar-refractivity contribution is 5.94. The van der Waals surface area contributed by atoms with E-state index in [0.717, 1.165) is 11.3 Å². The lowest BCUT2D eigenvalue weighted by molar-refractivity contribution is -0.115. The van der Waals surface area contributed by atoms with E-state index in [0.29, 0.717) is 11.4 Å². The Hall–Kier alpha value is -3.61. The quantitative estimate of drug-likeness (QED) is 0.662. The number of carbonyl (C=O) groups is 2. The number of amides is 3. The van der Waals surface area contributed by atoms with Crippen LogP contribution in [0.2, 0.25) is 0 Å². The maximum Gasteiger partial charge on any atom is 0.318 e. The van der Waals surface area contributed by atoms with Crippen LogP contribution in [0.1, 0.15) is 5.56 Å². The molecule has 0 radical (unpaired) electrons. The molecule has 0 bridgehead atoms. The predicted molar refractivity (Wildman–Crippen MR) is 100 cm³/mol. The minimum atomic E-state index is -0.318. The van der Waals surface area contributed by atoms with Crippen molar-refractivity contribution in [3.8, 4) is 5.69 Å². The second-order valence-corrected chi connectivity index (χ2v) is 5.64. The Morgan fingerprint density at radius 1 is 1.00 bits per heavy atom. The Morgan fingerprint density at radius 2 is 1.73 bits per heavy atom. The van der Waals surface area contributed by atoms with Gasteiger partial charge in [-0.3, -0.25) is 4.79 Å². The van der Waals surface area contributed by atoms with Gasteiger partial charge in [0.1, 0.15) is 0 Å². The van der Waals surface area contributed by atoms with Gasteiger partial charge in [-0.1, -0.05) is 24.3 Å². The van der Waals surface area contributed by atoms with Gasteiger partial charge in [-0.2, -0.15) is 5.10 Å². The highest BCUT2D eigenvalue weighted by Gasteiger charge is 2.08. The molecular formula is C19H19N5O2. The largest absolute Gasteiger partial charge is 0.341 e. The highest BCUT2D eigenvalue weighted by Crippen LogP contribution is 2.16. The van der Waals surface area contributed by atoms with Crippen molar-refractivity contribution in [3.05, 3.63) is 72.6 Å². The average Bonchev–Trinajstić information content (AvgIpc) is 3.11. The number of carbonyl (C=O) groups excluding carboxylic acids is 2. The normalized spacial score (nSPS) is 10.2. The molecule has 1 aromatic heterocycles. The number of hydrogen-bond donors (Lipinski definition) is 3. The molecule has 7 nitrogen and oxygen atoms in total. The first-order chi connectivity index (χ1) is 12.6. The maximum atomic E-state index is 12.3. The van der Waals surface area contributed by atoms with Gasteiger partial charge in [-0.25, -0.2) is 9.48 Å². The number of hydrogen-bond acceptors (Lipinski definition) is 3. The number of nitrogens with zero attached hydrogens (tertiary/aromatic N) is 2. The molecule has 0 unspecified atom stereocenters. The fourth-order valence-corrected chi connectivity index (χ4v) is 2.43. The molecule has 0 aliphatic heterocycles. The minimum Gasteiger partial charge on any atom is -0.341 e. The highest BCUT2D eigenvalue weighted by atomic mass is 16.2. The molecule has 3 rings (SSSR count). The van der Waals surface area contributed by atoms with E-state index in [4.69, 9.17) is 0 Å². The van der Waals surface area contributed by atoms with Crippen LogP contribution in [0, 0.1) is 0 Å². The van der Waals surface area contributed by atoms with Crippen molar-refractivity contribution in [2.45, 2.75) is 6.42 Å². The van der Waals surface area contributed by atoms with Crippen molar-refractivity contribution < 1.29 is 9.59 Å². The average molecular weight is 349 g/mol. The summed E-state index contributed by atoms with van der Waals surface area (Å²) in [6.07, 6.45) is 3.72. The molecule has 0 saturated carbocycles. The Bertz CT molecular complexity index is 905. The summed E-state index contributed by atoms with van der Waals surface area (Å²) in [6.45, 7) is 0. The maximum absolute atomic E-state index is 12.3. The van der Waals surface area contributed by atoms with E-state index in [9.17, 15) is 9.59 Å². The van der Waals surface area contributed by atoms with E-state index in [2.05, 4.69) is 21.0 Å². The van der Waals surface area contributed by atoms with Gasteiger partial charge in [-0.15, -0.1) is 0 Å². The minimum absolute atomic E-state index is 0.158. The van der Waals surface area contributed by atoms with Crippen LogP contribution in [0.15, 0.2) is 67.0 Å². The molecule has 0 spiro atoms. The molecular weight excluding hydrogens is 330 g/mol. The lowest BCUT2D eigenvalue weighted by Gasteiger charge is -2.08. The fourth-order valence-electron chi connectivity index (χ4n) is 2.43. The number of anilines is 2. The van der Waals surface area contributed by atoms with Crippen molar-refractivity contribution in [2.75, 3.05) is 17.7 Å². The summed E-state index contributed by atoms with van der Waals surface area (Å²) in [6, 6.07) is 16.3. The van der Waals surface area contributed by atoms with Gasteiger partial charge in [0.05, 0.1) is 18.3 Å². The van der Waals surface area contributed by atoms with Gasteiger partial charge in [0.25, 0.3) is 0 Å². The smallest absolute Gasteiger partial charge is 0.318 e. The zero-order valence-corrected chi connectivity index (χ0v) is 14.3. The molecule has 2 aromatic carbocycles. The number of aromatic nitrogens is 2. The van der Waals surface area contributed by atoms with Gasteiger partial charge in [0.2, 0.25) is 5.91 Å². The first-order valence-electron chi connectivity index (χ1n) is 8.11. The van der Waals surface area contributed by atoms with Gasteiger partial charge >= 0.3 is 6.03 Å². The van der Waals surface area contributed by atoms with Crippen LogP contribution in [0.4, 0.5) is 16.2 Å². The molecule has 3 N–H and O–H groups in total. The monoisotopic (exact) mass is 349 g/mol. The van der Waals surface area contributed by atoms with E-state index in [1.165, 1.54) is 7.05 Å². The second-order valence-electron chi connectivity index (χ2n) is 5.64. The lowest BCUT2D eigenvalue weighted by atomic mass is 10.2. The summed E-state index contributed by atoms with van der Waals surface area (Å²) in [5.41, 5.74) is 2.96. The molecule has 3 aromatic rings. The fraction of sp³-hybridized carbons (Fsp3) is 0.105. The number of benzene rings is 2. The summed E-state index contributed by atoms with van der Waals surface area (Å²) >= 11 is 0. The second kappa shape index (κ2) is 7.98. The molecule has 0 fully saturated rings. The zero-order valence-electron chi connectivity index (χ0n) is 14.3. The van der Waals surface area contributed by atoms with Crippen LogP contribution in [-0.2, 0) is 11.2 Å². The Morgan fingerprint density at radius 3 is 2.46 bits per heavy atom. The standard InChI is InChI=1S/C19H19N5O2/c1-20-19(26)23-16-7-5-6-15(11-16)22-18(25)10-14-12-21-24(13-14)17-8-3-2-4-9-17/h2-9,11-13H,10H2,1H3,(H,22,25)(H2,20,23,26). The van der Waals surface area contributed by atoms with Crippen LogP contribution in [0.5, 0.6) is 0 Å². The molecule has 1 heterocycles. The first kappa shape index (κ1) is 17.2. The number of urea groups is 1. The van der Waals surface area contributed by atoms with Crippen molar-refractivity contribution in [2.24, 2.45) is 0 Å². The van der Waals surface area contributed by atoms with Gasteiger partial charge in [0.15, 0.2) is 0 Å². The third kappa shape index (κ3) is 4.47. The third-order valence-electron chi connectivity index (χ3n) is 3.65. The molecule has 0 aliphatic carbocycles. The van der Waals surface area contributed by atoms with Gasteiger partial charge in [-0.05, 0) is 35.9 Å². The van der Waals surface area contributed by atoms with Crippen LogP contribution in [0.3, 0.4) is 0 Å². The summed E-state index contributed by atoms with van der Waals surface area (Å²) in [5, 5.41) is 12.2. The van der Waals surface area contributed by atoms with E-state index >= 15 is 0 Å². The molecule has 0 aliphatic rings. The van der Waals surface area contributed by atoms with Gasteiger partial charge < -0.3 is 16.0 Å². The summed E-state index contributed by atoms with van der Waals surface area (Å²) in [5.74, 6) is -0.158. The number of rotatable bonds is 5. The van der Waals surface area contributed by atoms with Crippen molar-refractivity contribution in [3.63, 3.8) is 0 Å². The van der Waals surface area contributed by atoms with Crippen LogP contribution >= 0.6 is 0 Å². The topological polar surface area (TPSA) is 88.1 Å². The van der Waals surface area contributed by atoms with E-state index in [1.54, 1.807) is 35.1 Å². The summed E-state index contributed by atoms with van der Waals surface area (Å²) in [7, 11) is 1.54. The molecule has 26 heavy (non-hydrogen) atoms. The van der Waals surface area contributed by atoms with Crippen LogP contribution < -0.4 is 16.0 Å². The predicted octanol–water partition coefficient (Wildman–Crippen LogP) is 2.80. The number of nitrogens with one attached hydrogen (secondary N) is 3. The lowest BCUT2D eigenvalue weighted by Crippen LogP contribution is -2.24. The van der Waals surface area contributed by atoms with Gasteiger partial charge in [0, 0.05) is 24.6 Å². The van der Waals surface area contributed by atoms with Crippen LogP contribution in [-0.4, -0.2) is 28.8 Å². The summed E-state index contributed by atoms with van der Waals surface area (Å²) < 4.78 is 1.73. The Balaban J connectivity index is 1.62. The van der Waals surface area contributed by atoms with Crippen LogP contribution in [0.25, 0.3) is 5.69 Å². The number of para-hydroxylation sites is 1. The molecule has 132 valence electrons. The summed E-state index contributed by atoms with van der Waals surface area (Å²) in [4.78, 5) is 23.6. The van der Waals surface area contributed by atoms with Crippen molar-refractivity contribution >= 4 is 23.3 Å². The third-order valence-corrected chi connectivity index (χ3v) is 3.65. The Kier molecular flexibility index (Phi) is 5.28. The first-order valence-corrected chi connectivity index (χ1v) is 8.11. The van der Waals surface area contributed by atoms with E-state index in [1.807, 2.05) is 36.5 Å². The van der Waals surface area contributed by atoms with E-state index in [-0.39, 0.29) is 18.4 Å². The SMILES string of the molecule is CNC(=O)Nc1cccc(NC(=O)Cc2cnn(-c3ccccc3)c2)c1. The van der Waals surface area contributed by atoms with E-state index < -0.39 is 0 Å². The Labute approximate surface area is 151 Å². The molecule has 3 amide bonds.